The Labute approximate surface area is 107 Å². The van der Waals surface area contributed by atoms with E-state index in [1.807, 2.05) is 6.92 Å². The summed E-state index contributed by atoms with van der Waals surface area (Å²) in [5.74, 6) is 2.32. The van der Waals surface area contributed by atoms with Gasteiger partial charge in [-0.2, -0.15) is 0 Å². The van der Waals surface area contributed by atoms with Crippen LogP contribution in [0.5, 0.6) is 0 Å². The molecule has 5 heteroatoms. The van der Waals surface area contributed by atoms with E-state index in [2.05, 4.69) is 22.0 Å². The van der Waals surface area contributed by atoms with Crippen LogP contribution in [0.15, 0.2) is 4.42 Å². The van der Waals surface area contributed by atoms with Crippen LogP contribution in [0.4, 0.5) is 0 Å². The fraction of sp³-hybridized carbons (Fsp3) is 0.846. The highest BCUT2D eigenvalue weighted by Crippen LogP contribution is 2.39. The minimum absolute atomic E-state index is 0.275. The minimum Gasteiger partial charge on any atom is -0.424 e. The first-order valence-electron chi connectivity index (χ1n) is 6.81. The summed E-state index contributed by atoms with van der Waals surface area (Å²) >= 11 is 0. The molecular weight excluding hydrogens is 230 g/mol. The molecule has 2 heterocycles. The zero-order valence-corrected chi connectivity index (χ0v) is 11.1. The van der Waals surface area contributed by atoms with Crippen molar-refractivity contribution in [3.63, 3.8) is 0 Å². The molecule has 1 aromatic heterocycles. The molecule has 1 aliphatic heterocycles. The molecule has 1 saturated carbocycles. The summed E-state index contributed by atoms with van der Waals surface area (Å²) in [5, 5.41) is 18.3. The summed E-state index contributed by atoms with van der Waals surface area (Å²) in [6, 6.07) is 0. The van der Waals surface area contributed by atoms with E-state index in [0.717, 1.165) is 25.4 Å². The van der Waals surface area contributed by atoms with Crippen LogP contribution in [0.25, 0.3) is 0 Å². The Morgan fingerprint density at radius 2 is 2.22 bits per heavy atom. The molecule has 0 unspecified atom stereocenters. The number of piperidine rings is 1. The molecule has 0 aromatic carbocycles. The van der Waals surface area contributed by atoms with Gasteiger partial charge >= 0.3 is 0 Å². The third-order valence-electron chi connectivity index (χ3n) is 4.30. The SMILES string of the molecule is C[C@@H]1CN(Cc2nnc(C3CC3)o2)CC[C@]1(C)O. The molecule has 1 saturated heterocycles. The van der Waals surface area contributed by atoms with Crippen molar-refractivity contribution in [3.05, 3.63) is 11.8 Å². The van der Waals surface area contributed by atoms with Crippen LogP contribution in [0.3, 0.4) is 0 Å². The zero-order chi connectivity index (χ0) is 12.8. The van der Waals surface area contributed by atoms with Gasteiger partial charge in [0.05, 0.1) is 12.1 Å². The Bertz CT molecular complexity index is 426. The van der Waals surface area contributed by atoms with Crippen LogP contribution in [0, 0.1) is 5.92 Å². The first kappa shape index (κ1) is 12.1. The van der Waals surface area contributed by atoms with Crippen molar-refractivity contribution >= 4 is 0 Å². The van der Waals surface area contributed by atoms with Crippen molar-refractivity contribution in [2.24, 2.45) is 5.92 Å². The smallest absolute Gasteiger partial charge is 0.230 e. The second kappa shape index (κ2) is 4.31. The largest absolute Gasteiger partial charge is 0.424 e. The number of nitrogens with zero attached hydrogens (tertiary/aromatic N) is 3. The van der Waals surface area contributed by atoms with E-state index in [1.165, 1.54) is 12.8 Å². The van der Waals surface area contributed by atoms with Crippen LogP contribution in [-0.2, 0) is 6.54 Å². The summed E-state index contributed by atoms with van der Waals surface area (Å²) in [7, 11) is 0. The van der Waals surface area contributed by atoms with E-state index in [0.29, 0.717) is 18.4 Å². The number of hydrogen-bond acceptors (Lipinski definition) is 5. The zero-order valence-electron chi connectivity index (χ0n) is 11.1. The second-order valence-corrected chi connectivity index (χ2v) is 6.05. The molecule has 1 aromatic rings. The normalized spacial score (nSPS) is 33.8. The van der Waals surface area contributed by atoms with Crippen molar-refractivity contribution in [1.82, 2.24) is 15.1 Å². The standard InChI is InChI=1S/C13H21N3O2/c1-9-7-16(6-5-13(9,2)17)8-11-14-15-12(18-11)10-3-4-10/h9-10,17H,3-8H2,1-2H3/t9-,13+/m1/s1. The second-order valence-electron chi connectivity index (χ2n) is 6.05. The lowest BCUT2D eigenvalue weighted by atomic mass is 9.84. The van der Waals surface area contributed by atoms with Crippen LogP contribution in [0.2, 0.25) is 0 Å². The molecular formula is C13H21N3O2. The van der Waals surface area contributed by atoms with Crippen molar-refractivity contribution in [2.45, 2.75) is 51.2 Å². The van der Waals surface area contributed by atoms with E-state index in [-0.39, 0.29) is 5.92 Å². The Hall–Kier alpha value is -0.940. The van der Waals surface area contributed by atoms with Gasteiger partial charge in [0.15, 0.2) is 0 Å². The van der Waals surface area contributed by atoms with Gasteiger partial charge in [0, 0.05) is 19.0 Å². The molecule has 18 heavy (non-hydrogen) atoms. The van der Waals surface area contributed by atoms with E-state index in [4.69, 9.17) is 4.42 Å². The average Bonchev–Trinajstić information content (AvgIpc) is 3.06. The summed E-state index contributed by atoms with van der Waals surface area (Å²) in [5.41, 5.74) is -0.537. The monoisotopic (exact) mass is 251 g/mol. The predicted molar refractivity (Wildman–Crippen MR) is 66.0 cm³/mol. The van der Waals surface area contributed by atoms with Crippen molar-refractivity contribution in [2.75, 3.05) is 13.1 Å². The first-order valence-corrected chi connectivity index (χ1v) is 6.81. The lowest BCUT2D eigenvalue weighted by molar-refractivity contribution is -0.0538. The quantitative estimate of drug-likeness (QED) is 0.883. The third-order valence-corrected chi connectivity index (χ3v) is 4.30. The molecule has 100 valence electrons. The summed E-state index contributed by atoms with van der Waals surface area (Å²) < 4.78 is 5.67. The van der Waals surface area contributed by atoms with E-state index < -0.39 is 5.60 Å². The molecule has 3 rings (SSSR count). The highest BCUT2D eigenvalue weighted by atomic mass is 16.4. The van der Waals surface area contributed by atoms with Gasteiger partial charge < -0.3 is 9.52 Å². The Kier molecular flexibility index (Phi) is 2.90. The minimum atomic E-state index is -0.537. The summed E-state index contributed by atoms with van der Waals surface area (Å²) in [6.45, 7) is 6.50. The van der Waals surface area contributed by atoms with Crippen LogP contribution < -0.4 is 0 Å². The predicted octanol–water partition coefficient (Wildman–Crippen LogP) is 1.54. The van der Waals surface area contributed by atoms with Gasteiger partial charge in [-0.1, -0.05) is 6.92 Å². The van der Waals surface area contributed by atoms with Crippen LogP contribution >= 0.6 is 0 Å². The van der Waals surface area contributed by atoms with Crippen molar-refractivity contribution < 1.29 is 9.52 Å². The molecule has 1 N–H and O–H groups in total. The van der Waals surface area contributed by atoms with E-state index >= 15 is 0 Å². The third kappa shape index (κ3) is 2.42. The summed E-state index contributed by atoms with van der Waals surface area (Å²) in [4.78, 5) is 2.28. The molecule has 1 aliphatic carbocycles. The molecule has 0 spiro atoms. The van der Waals surface area contributed by atoms with Gasteiger partial charge in [-0.3, -0.25) is 4.90 Å². The Morgan fingerprint density at radius 3 is 2.89 bits per heavy atom. The van der Waals surface area contributed by atoms with Crippen molar-refractivity contribution in [3.8, 4) is 0 Å². The number of aliphatic hydroxyl groups is 1. The number of likely N-dealkylation sites (tertiary alicyclic amines) is 1. The Balaban J connectivity index is 1.59. The summed E-state index contributed by atoms with van der Waals surface area (Å²) in [6.07, 6.45) is 3.17. The molecule has 0 bridgehead atoms. The molecule has 2 atom stereocenters. The van der Waals surface area contributed by atoms with E-state index in [1.54, 1.807) is 0 Å². The fourth-order valence-corrected chi connectivity index (χ4v) is 2.47. The molecule has 0 radical (unpaired) electrons. The van der Waals surface area contributed by atoms with E-state index in [9.17, 15) is 5.11 Å². The van der Waals surface area contributed by atoms with Gasteiger partial charge in [0.25, 0.3) is 0 Å². The first-order chi connectivity index (χ1) is 8.54. The topological polar surface area (TPSA) is 62.4 Å². The van der Waals surface area contributed by atoms with Gasteiger partial charge in [0.2, 0.25) is 11.8 Å². The van der Waals surface area contributed by atoms with Gasteiger partial charge in [0.1, 0.15) is 0 Å². The molecule has 0 amide bonds. The number of aromatic nitrogens is 2. The molecule has 2 fully saturated rings. The average molecular weight is 251 g/mol. The van der Waals surface area contributed by atoms with Gasteiger partial charge in [-0.15, -0.1) is 10.2 Å². The van der Waals surface area contributed by atoms with Gasteiger partial charge in [-0.25, -0.2) is 0 Å². The fourth-order valence-electron chi connectivity index (χ4n) is 2.47. The van der Waals surface area contributed by atoms with Crippen molar-refractivity contribution in [1.29, 1.82) is 0 Å². The lowest BCUT2D eigenvalue weighted by Crippen LogP contribution is -2.48. The van der Waals surface area contributed by atoms with Crippen LogP contribution in [-0.4, -0.2) is 38.9 Å². The maximum atomic E-state index is 10.1. The molecule has 2 aliphatic rings. The van der Waals surface area contributed by atoms with Crippen LogP contribution in [0.1, 0.15) is 50.8 Å². The molecule has 5 nitrogen and oxygen atoms in total. The Morgan fingerprint density at radius 1 is 1.44 bits per heavy atom. The highest BCUT2D eigenvalue weighted by molar-refractivity contribution is 5.00. The van der Waals surface area contributed by atoms with Gasteiger partial charge in [-0.05, 0) is 32.1 Å². The lowest BCUT2D eigenvalue weighted by Gasteiger charge is -2.40. The number of hydrogen-bond donors (Lipinski definition) is 1. The highest BCUT2D eigenvalue weighted by Gasteiger charge is 2.35. The number of rotatable bonds is 3. The maximum Gasteiger partial charge on any atom is 0.230 e. The maximum absolute atomic E-state index is 10.1.